The topological polar surface area (TPSA) is 38.3 Å². The summed E-state index contributed by atoms with van der Waals surface area (Å²) >= 11 is 0. The molecule has 3 nitrogen and oxygen atoms in total. The fourth-order valence-electron chi connectivity index (χ4n) is 2.26. The number of nitrogens with one attached hydrogen (secondary N) is 1. The van der Waals surface area contributed by atoms with Crippen LogP contribution >= 0.6 is 0 Å². The Morgan fingerprint density at radius 1 is 1.29 bits per heavy atom. The first-order valence-corrected chi connectivity index (χ1v) is 6.12. The molecule has 1 N–H and O–H groups in total. The number of rotatable bonds is 3. The minimum atomic E-state index is 0.144. The van der Waals surface area contributed by atoms with Crippen LogP contribution in [0.1, 0.15) is 38.7 Å². The van der Waals surface area contributed by atoms with Crippen LogP contribution in [0.4, 0.5) is 0 Å². The van der Waals surface area contributed by atoms with Gasteiger partial charge < -0.3 is 10.1 Å². The van der Waals surface area contributed by atoms with Gasteiger partial charge in [0.25, 0.3) is 0 Å². The molecule has 1 aliphatic rings. The second kappa shape index (κ2) is 4.78. The average molecular weight is 233 g/mol. The first kappa shape index (κ1) is 12.0. The maximum atomic E-state index is 11.3. The average Bonchev–Trinajstić information content (AvgIpc) is 2.58. The Morgan fingerprint density at radius 3 is 2.41 bits per heavy atom. The van der Waals surface area contributed by atoms with Gasteiger partial charge in [-0.3, -0.25) is 4.79 Å². The van der Waals surface area contributed by atoms with Gasteiger partial charge in [-0.15, -0.1) is 0 Å². The lowest BCUT2D eigenvalue weighted by atomic mass is 9.93. The van der Waals surface area contributed by atoms with Crippen LogP contribution in [0.3, 0.4) is 0 Å². The van der Waals surface area contributed by atoms with Crippen molar-refractivity contribution in [1.82, 2.24) is 5.32 Å². The maximum Gasteiger partial charge on any atom is 0.220 e. The van der Waals surface area contributed by atoms with Crippen molar-refractivity contribution in [3.8, 4) is 5.75 Å². The maximum absolute atomic E-state index is 11.3. The van der Waals surface area contributed by atoms with Crippen LogP contribution < -0.4 is 10.1 Å². The quantitative estimate of drug-likeness (QED) is 0.871. The zero-order valence-corrected chi connectivity index (χ0v) is 10.6. The highest BCUT2D eigenvalue weighted by Gasteiger charge is 2.29. The molecule has 1 aromatic rings. The van der Waals surface area contributed by atoms with Crippen molar-refractivity contribution >= 4 is 5.91 Å². The first-order chi connectivity index (χ1) is 8.06. The monoisotopic (exact) mass is 233 g/mol. The van der Waals surface area contributed by atoms with Crippen molar-refractivity contribution in [2.75, 3.05) is 0 Å². The van der Waals surface area contributed by atoms with Gasteiger partial charge in [-0.2, -0.15) is 0 Å². The van der Waals surface area contributed by atoms with E-state index in [2.05, 4.69) is 17.4 Å². The summed E-state index contributed by atoms with van der Waals surface area (Å²) in [6.45, 7) is 6.07. The molecule has 0 aromatic heterocycles. The fraction of sp³-hybridized carbons (Fsp3) is 0.500. The number of carbonyl (C=O) groups excluding carboxylic acids is 1. The van der Waals surface area contributed by atoms with Gasteiger partial charge in [0, 0.05) is 18.4 Å². The van der Waals surface area contributed by atoms with Gasteiger partial charge in [0.15, 0.2) is 0 Å². The smallest absolute Gasteiger partial charge is 0.220 e. The van der Waals surface area contributed by atoms with Crippen molar-refractivity contribution in [3.05, 3.63) is 29.8 Å². The molecule has 1 heterocycles. The van der Waals surface area contributed by atoms with E-state index in [1.807, 2.05) is 32.9 Å². The highest BCUT2D eigenvalue weighted by molar-refractivity contribution is 5.80. The summed E-state index contributed by atoms with van der Waals surface area (Å²) in [6.07, 6.45) is 0.778. The number of hydrogen-bond donors (Lipinski definition) is 1. The van der Waals surface area contributed by atoms with Gasteiger partial charge >= 0.3 is 0 Å². The second-order valence-electron chi connectivity index (χ2n) is 4.90. The zero-order valence-electron chi connectivity index (χ0n) is 10.6. The Morgan fingerprint density at radius 2 is 1.94 bits per heavy atom. The highest BCUT2D eigenvalue weighted by atomic mass is 16.5. The van der Waals surface area contributed by atoms with Gasteiger partial charge in [-0.05, 0) is 38.5 Å². The minimum Gasteiger partial charge on any atom is -0.491 e. The van der Waals surface area contributed by atoms with Gasteiger partial charge in [-0.25, -0.2) is 0 Å². The summed E-state index contributed by atoms with van der Waals surface area (Å²) in [6, 6.07) is 8.29. The fourth-order valence-corrected chi connectivity index (χ4v) is 2.26. The van der Waals surface area contributed by atoms with Crippen molar-refractivity contribution in [2.45, 2.75) is 45.3 Å². The van der Waals surface area contributed by atoms with Gasteiger partial charge in [0.2, 0.25) is 5.91 Å². The molecule has 1 aromatic carbocycles. The Labute approximate surface area is 102 Å². The number of amides is 1. The molecule has 2 atom stereocenters. The lowest BCUT2D eigenvalue weighted by Gasteiger charge is -2.15. The van der Waals surface area contributed by atoms with E-state index in [-0.39, 0.29) is 24.0 Å². The van der Waals surface area contributed by atoms with Crippen LogP contribution in [0.15, 0.2) is 24.3 Å². The van der Waals surface area contributed by atoms with E-state index in [0.717, 1.165) is 5.75 Å². The normalized spacial score (nSPS) is 23.9. The van der Waals surface area contributed by atoms with E-state index in [1.54, 1.807) is 0 Å². The van der Waals surface area contributed by atoms with Crippen LogP contribution in [-0.4, -0.2) is 18.1 Å². The summed E-state index contributed by atoms with van der Waals surface area (Å²) in [5.41, 5.74) is 1.20. The predicted octanol–water partition coefficient (Wildman–Crippen LogP) is 2.47. The molecule has 2 rings (SSSR count). The largest absolute Gasteiger partial charge is 0.491 e. The molecule has 1 amide bonds. The molecule has 1 saturated heterocycles. The Hall–Kier alpha value is -1.51. The molecule has 0 saturated carbocycles. The Balaban J connectivity index is 2.10. The SMILES string of the molecule is CC(C)Oc1ccc(C2CC(=O)NC2C)cc1. The molecule has 17 heavy (non-hydrogen) atoms. The molecule has 2 unspecified atom stereocenters. The molecular formula is C14H19NO2. The summed E-state index contributed by atoms with van der Waals surface area (Å²) < 4.78 is 5.60. The van der Waals surface area contributed by atoms with Gasteiger partial charge in [-0.1, -0.05) is 12.1 Å². The van der Waals surface area contributed by atoms with Crippen LogP contribution in [0, 0.1) is 0 Å². The first-order valence-electron chi connectivity index (χ1n) is 6.12. The third-order valence-corrected chi connectivity index (χ3v) is 3.08. The summed E-state index contributed by atoms with van der Waals surface area (Å²) in [7, 11) is 0. The number of carbonyl (C=O) groups is 1. The molecule has 0 aliphatic carbocycles. The lowest BCUT2D eigenvalue weighted by Crippen LogP contribution is -2.24. The Kier molecular flexibility index (Phi) is 3.36. The van der Waals surface area contributed by atoms with Crippen molar-refractivity contribution < 1.29 is 9.53 Å². The van der Waals surface area contributed by atoms with Crippen LogP contribution in [0.2, 0.25) is 0 Å². The predicted molar refractivity (Wildman–Crippen MR) is 67.2 cm³/mol. The van der Waals surface area contributed by atoms with Crippen molar-refractivity contribution in [3.63, 3.8) is 0 Å². The molecule has 0 radical (unpaired) electrons. The summed E-state index contributed by atoms with van der Waals surface area (Å²) in [5.74, 6) is 1.31. The highest BCUT2D eigenvalue weighted by Crippen LogP contribution is 2.29. The van der Waals surface area contributed by atoms with E-state index in [4.69, 9.17) is 4.74 Å². The van der Waals surface area contributed by atoms with Crippen molar-refractivity contribution in [2.24, 2.45) is 0 Å². The third kappa shape index (κ3) is 2.78. The van der Waals surface area contributed by atoms with Crippen LogP contribution in [0.25, 0.3) is 0 Å². The lowest BCUT2D eigenvalue weighted by molar-refractivity contribution is -0.119. The van der Waals surface area contributed by atoms with E-state index < -0.39 is 0 Å². The molecule has 3 heteroatoms. The van der Waals surface area contributed by atoms with E-state index in [9.17, 15) is 4.79 Å². The minimum absolute atomic E-state index is 0.144. The van der Waals surface area contributed by atoms with E-state index in [0.29, 0.717) is 6.42 Å². The Bertz CT molecular complexity index is 397. The van der Waals surface area contributed by atoms with E-state index in [1.165, 1.54) is 5.56 Å². The number of hydrogen-bond acceptors (Lipinski definition) is 2. The standard InChI is InChI=1S/C14H19NO2/c1-9(2)17-12-6-4-11(5-7-12)13-8-14(16)15-10(13)3/h4-7,9-10,13H,8H2,1-3H3,(H,15,16). The molecular weight excluding hydrogens is 214 g/mol. The molecule has 0 spiro atoms. The second-order valence-corrected chi connectivity index (χ2v) is 4.90. The van der Waals surface area contributed by atoms with E-state index >= 15 is 0 Å². The summed E-state index contributed by atoms with van der Waals surface area (Å²) in [4.78, 5) is 11.3. The molecule has 1 aliphatic heterocycles. The van der Waals surface area contributed by atoms with Crippen LogP contribution in [-0.2, 0) is 4.79 Å². The third-order valence-electron chi connectivity index (χ3n) is 3.08. The molecule has 0 bridgehead atoms. The molecule has 92 valence electrons. The number of benzene rings is 1. The van der Waals surface area contributed by atoms with Crippen LogP contribution in [0.5, 0.6) is 5.75 Å². The molecule has 1 fully saturated rings. The van der Waals surface area contributed by atoms with Gasteiger partial charge in [0.05, 0.1) is 6.10 Å². The number of ether oxygens (including phenoxy) is 1. The summed E-state index contributed by atoms with van der Waals surface area (Å²) in [5, 5.41) is 2.94. The van der Waals surface area contributed by atoms with Crippen molar-refractivity contribution in [1.29, 1.82) is 0 Å². The van der Waals surface area contributed by atoms with Gasteiger partial charge in [0.1, 0.15) is 5.75 Å². The zero-order chi connectivity index (χ0) is 12.4.